The molecule has 0 amide bonds. The third-order valence-electron chi connectivity index (χ3n) is 3.45. The summed E-state index contributed by atoms with van der Waals surface area (Å²) < 4.78 is 0. The van der Waals surface area contributed by atoms with Crippen LogP contribution in [0.5, 0.6) is 11.5 Å². The van der Waals surface area contributed by atoms with Gasteiger partial charge in [-0.15, -0.1) is 0 Å². The molecule has 3 aromatic rings. The van der Waals surface area contributed by atoms with Crippen LogP contribution in [0.2, 0.25) is 5.02 Å². The van der Waals surface area contributed by atoms with E-state index in [9.17, 15) is 10.2 Å². The molecular weight excluding hydrogens is 286 g/mol. The summed E-state index contributed by atoms with van der Waals surface area (Å²) >= 11 is 6.10. The molecule has 106 valence electrons. The van der Waals surface area contributed by atoms with Crippen LogP contribution in [-0.4, -0.2) is 10.2 Å². The van der Waals surface area contributed by atoms with E-state index in [1.807, 2.05) is 24.3 Å². The van der Waals surface area contributed by atoms with Gasteiger partial charge in [0.15, 0.2) is 0 Å². The molecule has 0 aliphatic carbocycles. The van der Waals surface area contributed by atoms with Crippen LogP contribution in [0.1, 0.15) is 5.56 Å². The van der Waals surface area contributed by atoms with Gasteiger partial charge in [-0.1, -0.05) is 41.9 Å². The lowest BCUT2D eigenvalue weighted by molar-refractivity contribution is 0.469. The van der Waals surface area contributed by atoms with Gasteiger partial charge < -0.3 is 15.5 Å². The van der Waals surface area contributed by atoms with Crippen molar-refractivity contribution < 1.29 is 10.2 Å². The summed E-state index contributed by atoms with van der Waals surface area (Å²) in [7, 11) is 0. The summed E-state index contributed by atoms with van der Waals surface area (Å²) in [5, 5.41) is 25.2. The molecule has 0 aromatic heterocycles. The Bertz CT molecular complexity index is 782. The number of phenols is 2. The average molecular weight is 300 g/mol. The maximum Gasteiger partial charge on any atom is 0.123 e. The van der Waals surface area contributed by atoms with Gasteiger partial charge in [-0.2, -0.15) is 0 Å². The van der Waals surface area contributed by atoms with Crippen LogP contribution >= 0.6 is 11.6 Å². The lowest BCUT2D eigenvalue weighted by atomic mass is 10.1. The van der Waals surface area contributed by atoms with E-state index >= 15 is 0 Å². The third kappa shape index (κ3) is 2.60. The molecule has 3 rings (SSSR count). The van der Waals surface area contributed by atoms with E-state index in [2.05, 4.69) is 5.32 Å². The number of hydrogen-bond acceptors (Lipinski definition) is 3. The fourth-order valence-electron chi connectivity index (χ4n) is 2.35. The highest BCUT2D eigenvalue weighted by Gasteiger charge is 2.08. The molecule has 0 unspecified atom stereocenters. The van der Waals surface area contributed by atoms with Gasteiger partial charge in [-0.05, 0) is 24.3 Å². The van der Waals surface area contributed by atoms with E-state index < -0.39 is 0 Å². The van der Waals surface area contributed by atoms with Crippen molar-refractivity contribution >= 4 is 28.1 Å². The predicted molar refractivity (Wildman–Crippen MR) is 86.1 cm³/mol. The molecule has 4 heteroatoms. The first-order valence-electron chi connectivity index (χ1n) is 6.58. The lowest BCUT2D eigenvalue weighted by Gasteiger charge is -2.12. The molecule has 0 spiro atoms. The van der Waals surface area contributed by atoms with Gasteiger partial charge in [0, 0.05) is 33.6 Å². The van der Waals surface area contributed by atoms with E-state index in [1.54, 1.807) is 30.3 Å². The number of rotatable bonds is 3. The van der Waals surface area contributed by atoms with Crippen LogP contribution in [0.4, 0.5) is 5.69 Å². The van der Waals surface area contributed by atoms with Crippen LogP contribution in [-0.2, 0) is 6.54 Å². The molecule has 3 N–H and O–H groups in total. The Balaban J connectivity index is 1.94. The topological polar surface area (TPSA) is 52.5 Å². The number of hydrogen-bond donors (Lipinski definition) is 3. The zero-order chi connectivity index (χ0) is 14.8. The zero-order valence-electron chi connectivity index (χ0n) is 11.2. The Morgan fingerprint density at radius 1 is 0.810 bits per heavy atom. The second kappa shape index (κ2) is 5.54. The largest absolute Gasteiger partial charge is 0.508 e. The minimum atomic E-state index is 0.165. The smallest absolute Gasteiger partial charge is 0.123 e. The molecule has 0 aliphatic heterocycles. The van der Waals surface area contributed by atoms with Gasteiger partial charge in [0.05, 0.1) is 0 Å². The van der Waals surface area contributed by atoms with E-state index in [0.717, 1.165) is 16.5 Å². The summed E-state index contributed by atoms with van der Waals surface area (Å²) in [5.41, 5.74) is 1.53. The Hall–Kier alpha value is -2.39. The van der Waals surface area contributed by atoms with Crippen LogP contribution in [0.3, 0.4) is 0 Å². The maximum absolute atomic E-state index is 9.88. The van der Waals surface area contributed by atoms with E-state index in [0.29, 0.717) is 17.1 Å². The molecule has 0 saturated heterocycles. The minimum Gasteiger partial charge on any atom is -0.508 e. The van der Waals surface area contributed by atoms with Crippen molar-refractivity contribution in [3.05, 3.63) is 65.2 Å². The minimum absolute atomic E-state index is 0.165. The van der Waals surface area contributed by atoms with Crippen LogP contribution in [0.15, 0.2) is 54.6 Å². The highest BCUT2D eigenvalue weighted by atomic mass is 35.5. The summed E-state index contributed by atoms with van der Waals surface area (Å²) in [6, 6.07) is 16.1. The van der Waals surface area contributed by atoms with Crippen molar-refractivity contribution in [3.63, 3.8) is 0 Å². The Kier molecular flexibility index (Phi) is 3.59. The van der Waals surface area contributed by atoms with Crippen LogP contribution in [0, 0.1) is 0 Å². The fourth-order valence-corrected chi connectivity index (χ4v) is 2.59. The first-order chi connectivity index (χ1) is 10.2. The van der Waals surface area contributed by atoms with Crippen molar-refractivity contribution in [3.8, 4) is 11.5 Å². The molecule has 21 heavy (non-hydrogen) atoms. The molecule has 0 atom stereocenters. The molecule has 3 nitrogen and oxygen atoms in total. The fraction of sp³-hybridized carbons (Fsp3) is 0.0588. The summed E-state index contributed by atoms with van der Waals surface area (Å²) in [6.45, 7) is 0.403. The Labute approximate surface area is 127 Å². The number of nitrogens with one attached hydrogen (secondary N) is 1. The zero-order valence-corrected chi connectivity index (χ0v) is 11.9. The summed E-state index contributed by atoms with van der Waals surface area (Å²) in [4.78, 5) is 0. The van der Waals surface area contributed by atoms with Crippen molar-refractivity contribution in [2.75, 3.05) is 5.32 Å². The molecule has 3 aromatic carbocycles. The number of phenolic OH excluding ortho intramolecular Hbond substituents is 2. The van der Waals surface area contributed by atoms with E-state index in [-0.39, 0.29) is 11.5 Å². The van der Waals surface area contributed by atoms with Crippen molar-refractivity contribution in [2.45, 2.75) is 6.54 Å². The Morgan fingerprint density at radius 3 is 2.29 bits per heavy atom. The van der Waals surface area contributed by atoms with Crippen molar-refractivity contribution in [2.24, 2.45) is 0 Å². The molecule has 0 heterocycles. The van der Waals surface area contributed by atoms with Crippen molar-refractivity contribution in [1.82, 2.24) is 0 Å². The molecule has 0 aliphatic rings. The number of halogens is 1. The first-order valence-corrected chi connectivity index (χ1v) is 6.95. The molecular formula is C17H14ClNO2. The van der Waals surface area contributed by atoms with Crippen molar-refractivity contribution in [1.29, 1.82) is 0 Å². The second-order valence-electron chi connectivity index (χ2n) is 4.77. The van der Waals surface area contributed by atoms with Gasteiger partial charge in [-0.3, -0.25) is 0 Å². The molecule has 0 bridgehead atoms. The van der Waals surface area contributed by atoms with Gasteiger partial charge in [0.1, 0.15) is 11.5 Å². The van der Waals surface area contributed by atoms with Gasteiger partial charge in [-0.25, -0.2) is 0 Å². The number of anilines is 1. The monoisotopic (exact) mass is 299 g/mol. The average Bonchev–Trinajstić information content (AvgIpc) is 2.47. The van der Waals surface area contributed by atoms with Gasteiger partial charge in [0.25, 0.3) is 0 Å². The normalized spacial score (nSPS) is 10.7. The van der Waals surface area contributed by atoms with Crippen LogP contribution in [0.25, 0.3) is 10.8 Å². The molecule has 0 fully saturated rings. The van der Waals surface area contributed by atoms with E-state index in [4.69, 9.17) is 11.6 Å². The lowest BCUT2D eigenvalue weighted by Crippen LogP contribution is -2.01. The molecule has 0 radical (unpaired) electrons. The Morgan fingerprint density at radius 2 is 1.48 bits per heavy atom. The SMILES string of the molecule is Oc1cccc(Cl)c1CNc1cccc2c(O)cccc12. The second-order valence-corrected chi connectivity index (χ2v) is 5.18. The number of aromatic hydroxyl groups is 2. The first kappa shape index (κ1) is 13.6. The van der Waals surface area contributed by atoms with Gasteiger partial charge >= 0.3 is 0 Å². The number of fused-ring (bicyclic) bond motifs is 1. The third-order valence-corrected chi connectivity index (χ3v) is 3.80. The highest BCUT2D eigenvalue weighted by Crippen LogP contribution is 2.31. The quantitative estimate of drug-likeness (QED) is 0.666. The van der Waals surface area contributed by atoms with Crippen LogP contribution < -0.4 is 5.32 Å². The summed E-state index contributed by atoms with van der Waals surface area (Å²) in [5.74, 6) is 0.412. The van der Waals surface area contributed by atoms with E-state index in [1.165, 1.54) is 0 Å². The highest BCUT2D eigenvalue weighted by molar-refractivity contribution is 6.31. The number of benzene rings is 3. The molecule has 0 saturated carbocycles. The predicted octanol–water partition coefficient (Wildman–Crippen LogP) is 4.52. The maximum atomic E-state index is 9.88. The van der Waals surface area contributed by atoms with Gasteiger partial charge in [0.2, 0.25) is 0 Å². The summed E-state index contributed by atoms with van der Waals surface area (Å²) in [6.07, 6.45) is 0. The standard InChI is InChI=1S/C17H14ClNO2/c18-14-6-3-9-17(21)13(14)10-19-15-7-1-5-12-11(15)4-2-8-16(12)20/h1-9,19-21H,10H2.